The van der Waals surface area contributed by atoms with Crippen molar-refractivity contribution in [3.8, 4) is 62.4 Å². The van der Waals surface area contributed by atoms with Gasteiger partial charge in [0.25, 0.3) is 0 Å². The molecular weight excluding hydrogens is 841 g/mol. The number of rotatable bonds is 7. The maximum absolute atomic E-state index is 5.43. The molecule has 0 N–H and O–H groups in total. The third kappa shape index (κ3) is 6.23. The zero-order valence-electron chi connectivity index (χ0n) is 37.3. The zero-order chi connectivity index (χ0) is 45.4. The van der Waals surface area contributed by atoms with E-state index in [4.69, 9.17) is 15.0 Å². The molecular formula is C63H40N6. The second kappa shape index (κ2) is 15.6. The van der Waals surface area contributed by atoms with Gasteiger partial charge in [0.2, 0.25) is 5.95 Å². The summed E-state index contributed by atoms with van der Waals surface area (Å²) in [4.78, 5) is 16.0. The highest BCUT2D eigenvalue weighted by molar-refractivity contribution is 6.19. The molecule has 0 saturated heterocycles. The van der Waals surface area contributed by atoms with Crippen molar-refractivity contribution in [1.29, 1.82) is 0 Å². The Morgan fingerprint density at radius 3 is 1.32 bits per heavy atom. The highest BCUT2D eigenvalue weighted by Crippen LogP contribution is 2.43. The molecule has 0 saturated carbocycles. The number of hydrogen-bond donors (Lipinski definition) is 0. The summed E-state index contributed by atoms with van der Waals surface area (Å²) < 4.78 is 7.03. The molecule has 10 aromatic carbocycles. The van der Waals surface area contributed by atoms with Crippen molar-refractivity contribution in [2.75, 3.05) is 0 Å². The molecule has 0 atom stereocenters. The van der Waals surface area contributed by atoms with Gasteiger partial charge in [-0.2, -0.15) is 9.97 Å². The minimum absolute atomic E-state index is 0.557. The highest BCUT2D eigenvalue weighted by Gasteiger charge is 2.23. The summed E-state index contributed by atoms with van der Waals surface area (Å²) in [5.74, 6) is 1.77. The smallest absolute Gasteiger partial charge is 0.238 e. The summed E-state index contributed by atoms with van der Waals surface area (Å²) in [6, 6.07) is 86.4. The normalized spacial score (nSPS) is 11.8. The van der Waals surface area contributed by atoms with Crippen LogP contribution in [0, 0.1) is 0 Å². The minimum Gasteiger partial charge on any atom is -0.309 e. The minimum atomic E-state index is 0.557. The van der Waals surface area contributed by atoms with Crippen molar-refractivity contribution < 1.29 is 0 Å². The Kier molecular flexibility index (Phi) is 8.79. The molecule has 0 aliphatic heterocycles. The van der Waals surface area contributed by atoms with Gasteiger partial charge in [0, 0.05) is 54.7 Å². The van der Waals surface area contributed by atoms with Crippen molar-refractivity contribution in [1.82, 2.24) is 28.7 Å². The van der Waals surface area contributed by atoms with Crippen LogP contribution in [-0.2, 0) is 0 Å². The van der Waals surface area contributed by atoms with Gasteiger partial charge in [0.15, 0.2) is 11.6 Å². The summed E-state index contributed by atoms with van der Waals surface area (Å²) in [6.45, 7) is 0. The Morgan fingerprint density at radius 1 is 0.246 bits per heavy atom. The third-order valence-corrected chi connectivity index (χ3v) is 13.7. The molecule has 6 heteroatoms. The van der Waals surface area contributed by atoms with Gasteiger partial charge in [-0.05, 0) is 83.4 Å². The van der Waals surface area contributed by atoms with Crippen LogP contribution in [0.15, 0.2) is 243 Å². The lowest BCUT2D eigenvalue weighted by molar-refractivity contribution is 0.954. The number of hydrogen-bond acceptors (Lipinski definition) is 3. The second-order valence-corrected chi connectivity index (χ2v) is 17.6. The van der Waals surface area contributed by atoms with E-state index < -0.39 is 0 Å². The monoisotopic (exact) mass is 880 g/mol. The Bertz CT molecular complexity index is 4280. The fraction of sp³-hybridized carbons (Fsp3) is 0. The van der Waals surface area contributed by atoms with Gasteiger partial charge in [0.1, 0.15) is 0 Å². The van der Waals surface area contributed by atoms with Crippen molar-refractivity contribution >= 4 is 65.4 Å². The maximum atomic E-state index is 5.43. The molecule has 6 nitrogen and oxygen atoms in total. The van der Waals surface area contributed by atoms with E-state index in [0.29, 0.717) is 17.6 Å². The standard InChI is InChI=1S/C63H40N6/c1-5-19-41(20-6-1)44-33-35-47(42-21-7-2-8-22-42)58(38-44)68-55-31-17-14-28-49(55)52-40-60-53(39-59(52)68)50-29-15-18-32-56(50)69(60)63-65-61(43-23-9-3-10-24-43)64-62(66-63)45-34-36-57-51(37-45)48-27-13-16-30-54(48)67(57)46-25-11-4-12-26-46/h1-40H. The van der Waals surface area contributed by atoms with E-state index in [9.17, 15) is 0 Å². The van der Waals surface area contributed by atoms with Crippen molar-refractivity contribution in [2.45, 2.75) is 0 Å². The van der Waals surface area contributed by atoms with E-state index >= 15 is 0 Å². The Morgan fingerprint density at radius 2 is 0.696 bits per heavy atom. The molecule has 0 unspecified atom stereocenters. The first kappa shape index (κ1) is 38.8. The lowest BCUT2D eigenvalue weighted by Gasteiger charge is -2.16. The second-order valence-electron chi connectivity index (χ2n) is 17.6. The van der Waals surface area contributed by atoms with E-state index in [1.54, 1.807) is 0 Å². The van der Waals surface area contributed by atoms with Crippen LogP contribution in [0.25, 0.3) is 128 Å². The van der Waals surface area contributed by atoms with E-state index in [1.807, 2.05) is 18.2 Å². The van der Waals surface area contributed by atoms with Gasteiger partial charge in [-0.3, -0.25) is 4.57 Å². The average molecular weight is 881 g/mol. The Labute approximate surface area is 397 Å². The molecule has 0 bridgehead atoms. The van der Waals surface area contributed by atoms with Crippen molar-refractivity contribution in [3.63, 3.8) is 0 Å². The maximum Gasteiger partial charge on any atom is 0.238 e. The van der Waals surface area contributed by atoms with Gasteiger partial charge in [-0.1, -0.05) is 176 Å². The number of aromatic nitrogens is 6. The van der Waals surface area contributed by atoms with Crippen molar-refractivity contribution in [2.24, 2.45) is 0 Å². The quantitative estimate of drug-likeness (QED) is 0.160. The molecule has 69 heavy (non-hydrogen) atoms. The van der Waals surface area contributed by atoms with E-state index in [0.717, 1.165) is 93.8 Å². The van der Waals surface area contributed by atoms with Crippen LogP contribution in [-0.4, -0.2) is 28.7 Å². The van der Waals surface area contributed by atoms with E-state index in [-0.39, 0.29) is 0 Å². The van der Waals surface area contributed by atoms with Gasteiger partial charge in [-0.15, -0.1) is 0 Å². The summed E-state index contributed by atoms with van der Waals surface area (Å²) in [5, 5.41) is 6.84. The molecule has 14 aromatic rings. The van der Waals surface area contributed by atoms with E-state index in [2.05, 4.69) is 238 Å². The summed E-state index contributed by atoms with van der Waals surface area (Å²) >= 11 is 0. The average Bonchev–Trinajstić information content (AvgIpc) is 4.06. The van der Waals surface area contributed by atoms with Crippen LogP contribution in [0.5, 0.6) is 0 Å². The molecule has 322 valence electrons. The Hall–Kier alpha value is -9.39. The predicted molar refractivity (Wildman–Crippen MR) is 285 cm³/mol. The lowest BCUT2D eigenvalue weighted by Crippen LogP contribution is -2.06. The summed E-state index contributed by atoms with van der Waals surface area (Å²) in [7, 11) is 0. The zero-order valence-corrected chi connectivity index (χ0v) is 37.3. The topological polar surface area (TPSA) is 53.5 Å². The first-order valence-corrected chi connectivity index (χ1v) is 23.4. The molecule has 14 rings (SSSR count). The first-order valence-electron chi connectivity index (χ1n) is 23.4. The van der Waals surface area contributed by atoms with Crippen molar-refractivity contribution in [3.05, 3.63) is 243 Å². The molecule has 0 radical (unpaired) electrons. The molecule has 0 fully saturated rings. The molecule has 0 amide bonds. The van der Waals surface area contributed by atoms with Crippen LogP contribution in [0.1, 0.15) is 0 Å². The molecule has 0 aliphatic carbocycles. The summed E-state index contributed by atoms with van der Waals surface area (Å²) in [6.07, 6.45) is 0. The number of benzene rings is 10. The van der Waals surface area contributed by atoms with Crippen LogP contribution in [0.3, 0.4) is 0 Å². The Balaban J connectivity index is 1.03. The molecule has 0 aliphatic rings. The van der Waals surface area contributed by atoms with E-state index in [1.165, 1.54) is 16.3 Å². The van der Waals surface area contributed by atoms with Gasteiger partial charge < -0.3 is 9.13 Å². The van der Waals surface area contributed by atoms with Gasteiger partial charge >= 0.3 is 0 Å². The molecule has 4 aromatic heterocycles. The number of nitrogens with zero attached hydrogens (tertiary/aromatic N) is 6. The predicted octanol–water partition coefficient (Wildman–Crippen LogP) is 15.8. The molecule has 0 spiro atoms. The first-order chi connectivity index (χ1) is 34.2. The lowest BCUT2D eigenvalue weighted by atomic mass is 9.98. The largest absolute Gasteiger partial charge is 0.309 e. The number of fused-ring (bicyclic) bond motifs is 9. The van der Waals surface area contributed by atoms with Crippen LogP contribution in [0.2, 0.25) is 0 Å². The van der Waals surface area contributed by atoms with Gasteiger partial charge in [-0.25, -0.2) is 4.98 Å². The summed E-state index contributed by atoms with van der Waals surface area (Å²) in [5.41, 5.74) is 15.3. The SMILES string of the molecule is c1ccc(-c2ccc(-c3ccccc3)c(-n3c4ccccc4c4cc5c(cc43)c3ccccc3n5-c3nc(-c4ccccc4)nc(-c4ccc5c(c4)c4ccccc4n5-c4ccccc4)n3)c2)cc1. The highest BCUT2D eigenvalue weighted by atomic mass is 15.2. The molecule has 4 heterocycles. The fourth-order valence-electron chi connectivity index (χ4n) is 10.6. The van der Waals surface area contributed by atoms with Crippen LogP contribution < -0.4 is 0 Å². The van der Waals surface area contributed by atoms with Crippen LogP contribution >= 0.6 is 0 Å². The number of para-hydroxylation sites is 4. The fourth-order valence-corrected chi connectivity index (χ4v) is 10.6. The van der Waals surface area contributed by atoms with Gasteiger partial charge in [0.05, 0.1) is 38.8 Å². The third-order valence-electron chi connectivity index (χ3n) is 13.7. The van der Waals surface area contributed by atoms with Crippen LogP contribution in [0.4, 0.5) is 0 Å².